The van der Waals surface area contributed by atoms with E-state index in [9.17, 15) is 4.79 Å². The van der Waals surface area contributed by atoms with Crippen molar-refractivity contribution in [3.8, 4) is 28.5 Å². The van der Waals surface area contributed by atoms with Crippen molar-refractivity contribution in [1.82, 2.24) is 4.98 Å². The van der Waals surface area contributed by atoms with Crippen molar-refractivity contribution in [1.29, 1.82) is 0 Å². The molecule has 3 aromatic rings. The minimum atomic E-state index is -0.252. The second-order valence-electron chi connectivity index (χ2n) is 6.58. The number of anilines is 1. The molecule has 7 heteroatoms. The van der Waals surface area contributed by atoms with Gasteiger partial charge in [-0.1, -0.05) is 13.0 Å². The lowest BCUT2D eigenvalue weighted by atomic mass is 10.2. The number of carbonyl (C=O) groups is 1. The minimum Gasteiger partial charge on any atom is -0.494 e. The Labute approximate surface area is 186 Å². The number of benzene rings is 2. The molecule has 0 spiro atoms. The first-order valence-electron chi connectivity index (χ1n) is 10.1. The van der Waals surface area contributed by atoms with Gasteiger partial charge in [0.2, 0.25) is 5.91 Å². The Kier molecular flexibility index (Phi) is 8.06. The van der Waals surface area contributed by atoms with Crippen LogP contribution in [0.4, 0.5) is 5.13 Å². The van der Waals surface area contributed by atoms with Crippen molar-refractivity contribution in [2.75, 3.05) is 25.6 Å². The summed E-state index contributed by atoms with van der Waals surface area (Å²) in [6, 6.07) is 13.3. The summed E-state index contributed by atoms with van der Waals surface area (Å²) in [6.07, 6.45) is 4.11. The largest absolute Gasteiger partial charge is 0.494 e. The molecule has 0 saturated heterocycles. The Hall–Kier alpha value is -3.32. The monoisotopic (exact) mass is 438 g/mol. The smallest absolute Gasteiger partial charge is 0.250 e. The molecule has 1 heterocycles. The van der Waals surface area contributed by atoms with Gasteiger partial charge in [0.15, 0.2) is 16.6 Å². The standard InChI is InChI=1S/C24H26N2O4S/c1-4-14-30-21-12-6-17(15-22(21)28-3)7-13-23(27)26-24-25-20(16-31-24)18-8-10-19(11-9-18)29-5-2/h6-13,15-16H,4-5,14H2,1-3H3,(H,25,26,27)/b13-7+. The number of thiazole rings is 1. The van der Waals surface area contributed by atoms with Gasteiger partial charge in [-0.2, -0.15) is 0 Å². The number of carbonyl (C=O) groups excluding carboxylic acids is 1. The molecular weight excluding hydrogens is 412 g/mol. The molecule has 1 aromatic heterocycles. The average molecular weight is 439 g/mol. The lowest BCUT2D eigenvalue weighted by molar-refractivity contribution is -0.111. The zero-order valence-electron chi connectivity index (χ0n) is 17.9. The summed E-state index contributed by atoms with van der Waals surface area (Å²) in [5, 5.41) is 5.26. The van der Waals surface area contributed by atoms with Gasteiger partial charge in [-0.25, -0.2) is 4.98 Å². The molecule has 0 fully saturated rings. The van der Waals surface area contributed by atoms with Crippen molar-refractivity contribution in [3.05, 3.63) is 59.5 Å². The van der Waals surface area contributed by atoms with Gasteiger partial charge in [0, 0.05) is 17.0 Å². The third kappa shape index (κ3) is 6.33. The van der Waals surface area contributed by atoms with E-state index in [1.165, 1.54) is 17.4 Å². The summed E-state index contributed by atoms with van der Waals surface area (Å²) >= 11 is 1.38. The Balaban J connectivity index is 1.61. The molecule has 0 aliphatic rings. The number of nitrogens with zero attached hydrogens (tertiary/aromatic N) is 1. The average Bonchev–Trinajstić information content (AvgIpc) is 3.25. The second kappa shape index (κ2) is 11.2. The van der Waals surface area contributed by atoms with E-state index in [4.69, 9.17) is 14.2 Å². The molecule has 6 nitrogen and oxygen atoms in total. The maximum Gasteiger partial charge on any atom is 0.250 e. The number of rotatable bonds is 10. The first kappa shape index (κ1) is 22.4. The number of amides is 1. The van der Waals surface area contributed by atoms with Crippen LogP contribution in [0.15, 0.2) is 53.9 Å². The Morgan fingerprint density at radius 3 is 2.61 bits per heavy atom. The predicted octanol–water partition coefficient (Wildman–Crippen LogP) is 5.66. The number of aromatic nitrogens is 1. The molecule has 1 amide bonds. The van der Waals surface area contributed by atoms with Crippen LogP contribution in [0.5, 0.6) is 17.2 Å². The third-order valence-corrected chi connectivity index (χ3v) is 5.03. The molecule has 0 aliphatic carbocycles. The normalized spacial score (nSPS) is 10.8. The van der Waals surface area contributed by atoms with Gasteiger partial charge < -0.3 is 14.2 Å². The fourth-order valence-electron chi connectivity index (χ4n) is 2.79. The van der Waals surface area contributed by atoms with E-state index in [1.54, 1.807) is 13.2 Å². The van der Waals surface area contributed by atoms with Crippen LogP contribution in [0.3, 0.4) is 0 Å². The van der Waals surface area contributed by atoms with Crippen LogP contribution in [0.25, 0.3) is 17.3 Å². The highest BCUT2D eigenvalue weighted by atomic mass is 32.1. The van der Waals surface area contributed by atoms with E-state index in [1.807, 2.05) is 61.7 Å². The van der Waals surface area contributed by atoms with Crippen molar-refractivity contribution in [2.24, 2.45) is 0 Å². The molecule has 1 N–H and O–H groups in total. The Bertz CT molecular complexity index is 1030. The topological polar surface area (TPSA) is 69.7 Å². The molecule has 2 aromatic carbocycles. The van der Waals surface area contributed by atoms with Crippen LogP contribution in [-0.4, -0.2) is 31.2 Å². The SMILES string of the molecule is CCCOc1ccc(/C=C/C(=O)Nc2nc(-c3ccc(OCC)cc3)cs2)cc1OC. The number of nitrogens with one attached hydrogen (secondary N) is 1. The van der Waals surface area contributed by atoms with Crippen LogP contribution in [0.1, 0.15) is 25.8 Å². The fourth-order valence-corrected chi connectivity index (χ4v) is 3.51. The minimum absolute atomic E-state index is 0.252. The summed E-state index contributed by atoms with van der Waals surface area (Å²) in [5.41, 5.74) is 2.61. The second-order valence-corrected chi connectivity index (χ2v) is 7.43. The van der Waals surface area contributed by atoms with Gasteiger partial charge in [0.25, 0.3) is 0 Å². The Morgan fingerprint density at radius 1 is 1.10 bits per heavy atom. The van der Waals surface area contributed by atoms with Gasteiger partial charge in [-0.3, -0.25) is 10.1 Å². The molecule has 0 atom stereocenters. The molecule has 162 valence electrons. The van der Waals surface area contributed by atoms with Crippen LogP contribution in [-0.2, 0) is 4.79 Å². The van der Waals surface area contributed by atoms with E-state index in [2.05, 4.69) is 10.3 Å². The maximum atomic E-state index is 12.3. The third-order valence-electron chi connectivity index (χ3n) is 4.27. The van der Waals surface area contributed by atoms with E-state index in [0.717, 1.165) is 29.0 Å². The van der Waals surface area contributed by atoms with E-state index in [-0.39, 0.29) is 5.91 Å². The van der Waals surface area contributed by atoms with Crippen molar-refractivity contribution < 1.29 is 19.0 Å². The van der Waals surface area contributed by atoms with Gasteiger partial charge in [-0.05, 0) is 61.4 Å². The molecule has 3 rings (SSSR count). The first-order valence-corrected chi connectivity index (χ1v) is 11.0. The van der Waals surface area contributed by atoms with E-state index < -0.39 is 0 Å². The molecule has 0 bridgehead atoms. The molecule has 0 aliphatic heterocycles. The summed E-state index contributed by atoms with van der Waals surface area (Å²) in [5.74, 6) is 1.89. The maximum absolute atomic E-state index is 12.3. The zero-order chi connectivity index (χ0) is 22.1. The highest BCUT2D eigenvalue weighted by Crippen LogP contribution is 2.29. The zero-order valence-corrected chi connectivity index (χ0v) is 18.7. The van der Waals surface area contributed by atoms with Crippen molar-refractivity contribution in [2.45, 2.75) is 20.3 Å². The number of hydrogen-bond donors (Lipinski definition) is 1. The van der Waals surface area contributed by atoms with Crippen molar-refractivity contribution >= 4 is 28.5 Å². The molecule has 0 radical (unpaired) electrons. The summed E-state index contributed by atoms with van der Waals surface area (Å²) < 4.78 is 16.5. The van der Waals surface area contributed by atoms with E-state index >= 15 is 0 Å². The quantitative estimate of drug-likeness (QED) is 0.414. The van der Waals surface area contributed by atoms with Gasteiger partial charge >= 0.3 is 0 Å². The molecular formula is C24H26N2O4S. The van der Waals surface area contributed by atoms with Gasteiger partial charge in [-0.15, -0.1) is 11.3 Å². The molecule has 0 saturated carbocycles. The lowest BCUT2D eigenvalue weighted by Gasteiger charge is -2.10. The highest BCUT2D eigenvalue weighted by Gasteiger charge is 2.08. The molecule has 0 unspecified atom stereocenters. The number of methoxy groups -OCH3 is 1. The summed E-state index contributed by atoms with van der Waals surface area (Å²) in [6.45, 7) is 5.25. The number of ether oxygens (including phenoxy) is 3. The first-order chi connectivity index (χ1) is 15.1. The lowest BCUT2D eigenvalue weighted by Crippen LogP contribution is -2.07. The van der Waals surface area contributed by atoms with E-state index in [0.29, 0.717) is 29.8 Å². The van der Waals surface area contributed by atoms with Crippen molar-refractivity contribution in [3.63, 3.8) is 0 Å². The van der Waals surface area contributed by atoms with Gasteiger partial charge in [0.1, 0.15) is 5.75 Å². The molecule has 31 heavy (non-hydrogen) atoms. The van der Waals surface area contributed by atoms with Gasteiger partial charge in [0.05, 0.1) is 26.0 Å². The fraction of sp³-hybridized carbons (Fsp3) is 0.250. The highest BCUT2D eigenvalue weighted by molar-refractivity contribution is 7.14. The predicted molar refractivity (Wildman–Crippen MR) is 125 cm³/mol. The Morgan fingerprint density at radius 2 is 1.90 bits per heavy atom. The van der Waals surface area contributed by atoms with Crippen LogP contribution in [0.2, 0.25) is 0 Å². The summed E-state index contributed by atoms with van der Waals surface area (Å²) in [7, 11) is 1.60. The van der Waals surface area contributed by atoms with Crippen LogP contribution in [0, 0.1) is 0 Å². The van der Waals surface area contributed by atoms with Crippen LogP contribution < -0.4 is 19.5 Å². The summed E-state index contributed by atoms with van der Waals surface area (Å²) in [4.78, 5) is 16.8. The number of hydrogen-bond acceptors (Lipinski definition) is 6. The van der Waals surface area contributed by atoms with Crippen LogP contribution >= 0.6 is 11.3 Å².